The third kappa shape index (κ3) is 2.94. The molecule has 0 amide bonds. The molecule has 1 saturated heterocycles. The molecule has 0 bridgehead atoms. The van der Waals surface area contributed by atoms with Crippen LogP contribution in [-0.4, -0.2) is 27.6 Å². The van der Waals surface area contributed by atoms with Crippen molar-refractivity contribution in [3.63, 3.8) is 0 Å². The average Bonchev–Trinajstić information content (AvgIpc) is 3.01. The molecule has 1 aromatic carbocycles. The maximum atomic E-state index is 9.50. The molecule has 0 saturated carbocycles. The zero-order valence-electron chi connectivity index (χ0n) is 14.1. The summed E-state index contributed by atoms with van der Waals surface area (Å²) in [5.41, 5.74) is 3.63. The summed E-state index contributed by atoms with van der Waals surface area (Å²) in [4.78, 5) is 3.90. The molecule has 0 spiro atoms. The van der Waals surface area contributed by atoms with Gasteiger partial charge in [0.15, 0.2) is 5.82 Å². The van der Waals surface area contributed by atoms with Gasteiger partial charge in [-0.15, -0.1) is 15.0 Å². The first-order chi connectivity index (χ1) is 11.1. The molecular weight excluding hydrogens is 286 g/mol. The van der Waals surface area contributed by atoms with E-state index in [0.29, 0.717) is 11.7 Å². The van der Waals surface area contributed by atoms with Gasteiger partial charge in [-0.2, -0.15) is 5.26 Å². The molecule has 5 nitrogen and oxygen atoms in total. The molecule has 1 atom stereocenters. The predicted octanol–water partition coefficient (Wildman–Crippen LogP) is 3.52. The molecule has 2 heterocycles. The lowest BCUT2D eigenvalue weighted by Gasteiger charge is -2.35. The monoisotopic (exact) mass is 309 g/mol. The molecule has 1 aliphatic heterocycles. The smallest absolute Gasteiger partial charge is 0.207 e. The maximum Gasteiger partial charge on any atom is 0.207 e. The minimum Gasteiger partial charge on any atom is -0.350 e. The van der Waals surface area contributed by atoms with Crippen molar-refractivity contribution >= 4 is 5.82 Å². The summed E-state index contributed by atoms with van der Waals surface area (Å²) in [5.74, 6) is 0.736. The van der Waals surface area contributed by atoms with E-state index in [1.54, 1.807) is 4.80 Å². The number of hydrogen-bond donors (Lipinski definition) is 0. The number of hydrogen-bond acceptors (Lipinski definition) is 4. The van der Waals surface area contributed by atoms with Crippen molar-refractivity contribution < 1.29 is 0 Å². The van der Waals surface area contributed by atoms with E-state index in [4.69, 9.17) is 0 Å². The fourth-order valence-electron chi connectivity index (χ4n) is 3.31. The van der Waals surface area contributed by atoms with Gasteiger partial charge in [-0.1, -0.05) is 19.1 Å². The Bertz CT molecular complexity index is 740. The first-order valence-electron chi connectivity index (χ1n) is 8.35. The first kappa shape index (κ1) is 15.5. The van der Waals surface area contributed by atoms with Gasteiger partial charge in [0.1, 0.15) is 6.07 Å². The van der Waals surface area contributed by atoms with E-state index < -0.39 is 0 Å². The van der Waals surface area contributed by atoms with E-state index in [1.807, 2.05) is 6.92 Å². The van der Waals surface area contributed by atoms with Crippen molar-refractivity contribution in [2.45, 2.75) is 52.5 Å². The Morgan fingerprint density at radius 1 is 1.26 bits per heavy atom. The second-order valence-electron chi connectivity index (χ2n) is 6.31. The highest BCUT2D eigenvalue weighted by molar-refractivity contribution is 5.52. The number of aromatic nitrogens is 3. The van der Waals surface area contributed by atoms with Crippen LogP contribution in [0.1, 0.15) is 49.4 Å². The maximum absolute atomic E-state index is 9.50. The van der Waals surface area contributed by atoms with Crippen molar-refractivity contribution in [3.05, 3.63) is 35.0 Å². The number of anilines is 1. The van der Waals surface area contributed by atoms with E-state index in [0.717, 1.165) is 48.4 Å². The van der Waals surface area contributed by atoms with Gasteiger partial charge in [-0.25, -0.2) is 0 Å². The van der Waals surface area contributed by atoms with Crippen molar-refractivity contribution in [2.24, 2.45) is 0 Å². The Morgan fingerprint density at radius 3 is 2.83 bits per heavy atom. The number of piperidine rings is 1. The Labute approximate surface area is 137 Å². The third-order valence-corrected chi connectivity index (χ3v) is 4.65. The molecule has 120 valence electrons. The molecule has 3 rings (SSSR count). The first-order valence-corrected chi connectivity index (χ1v) is 8.35. The number of rotatable bonds is 3. The number of nitriles is 1. The molecule has 0 aliphatic carbocycles. The topological polar surface area (TPSA) is 57.7 Å². The number of nitrogens with zero attached hydrogens (tertiary/aromatic N) is 5. The normalized spacial score (nSPS) is 18.0. The molecule has 0 radical (unpaired) electrons. The van der Waals surface area contributed by atoms with Crippen LogP contribution in [0.3, 0.4) is 0 Å². The summed E-state index contributed by atoms with van der Waals surface area (Å²) in [6, 6.07) is 8.89. The van der Waals surface area contributed by atoms with Crippen LogP contribution in [0.25, 0.3) is 5.69 Å². The molecule has 1 aromatic heterocycles. The fourth-order valence-corrected chi connectivity index (χ4v) is 3.31. The molecule has 0 N–H and O–H groups in total. The Hall–Kier alpha value is -2.35. The van der Waals surface area contributed by atoms with Gasteiger partial charge in [0.2, 0.25) is 5.69 Å². The molecular formula is C18H23N5. The van der Waals surface area contributed by atoms with Crippen molar-refractivity contribution in [2.75, 3.05) is 11.4 Å². The highest BCUT2D eigenvalue weighted by Gasteiger charge is 2.27. The van der Waals surface area contributed by atoms with E-state index >= 15 is 0 Å². The number of benzene rings is 1. The van der Waals surface area contributed by atoms with Gasteiger partial charge in [-0.3, -0.25) is 0 Å². The van der Waals surface area contributed by atoms with E-state index in [-0.39, 0.29) is 0 Å². The molecule has 5 heteroatoms. The molecule has 1 aliphatic rings. The minimum absolute atomic E-state index is 0.422. The average molecular weight is 309 g/mol. The second-order valence-corrected chi connectivity index (χ2v) is 6.31. The van der Waals surface area contributed by atoms with Gasteiger partial charge < -0.3 is 4.90 Å². The van der Waals surface area contributed by atoms with Crippen molar-refractivity contribution in [1.29, 1.82) is 5.26 Å². The van der Waals surface area contributed by atoms with Crippen molar-refractivity contribution in [3.8, 4) is 11.8 Å². The van der Waals surface area contributed by atoms with Gasteiger partial charge in [-0.05, 0) is 56.7 Å². The van der Waals surface area contributed by atoms with Gasteiger partial charge >= 0.3 is 0 Å². The lowest BCUT2D eigenvalue weighted by Crippen LogP contribution is -2.39. The SMILES string of the molecule is CCC1CCCCN1c1nn(-c2cc(C)ccc2C)nc1C#N. The lowest BCUT2D eigenvalue weighted by molar-refractivity contribution is 0.446. The quantitative estimate of drug-likeness (QED) is 0.870. The third-order valence-electron chi connectivity index (χ3n) is 4.65. The zero-order chi connectivity index (χ0) is 16.4. The highest BCUT2D eigenvalue weighted by Crippen LogP contribution is 2.28. The molecule has 23 heavy (non-hydrogen) atoms. The largest absolute Gasteiger partial charge is 0.350 e. The van der Waals surface area contributed by atoms with Crippen LogP contribution in [0.4, 0.5) is 5.82 Å². The van der Waals surface area contributed by atoms with E-state index in [1.165, 1.54) is 6.42 Å². The molecule has 1 unspecified atom stereocenters. The Balaban J connectivity index is 2.04. The summed E-state index contributed by atoms with van der Waals surface area (Å²) in [7, 11) is 0. The van der Waals surface area contributed by atoms with Gasteiger partial charge in [0, 0.05) is 12.6 Å². The molecule has 2 aromatic rings. The Kier molecular flexibility index (Phi) is 4.33. The minimum atomic E-state index is 0.422. The number of aryl methyl sites for hydroxylation is 2. The molecule has 1 fully saturated rings. The van der Waals surface area contributed by atoms with Crippen LogP contribution in [0.15, 0.2) is 18.2 Å². The van der Waals surface area contributed by atoms with Crippen LogP contribution in [-0.2, 0) is 0 Å². The van der Waals surface area contributed by atoms with Crippen molar-refractivity contribution in [1.82, 2.24) is 15.0 Å². The zero-order valence-corrected chi connectivity index (χ0v) is 14.1. The van der Waals surface area contributed by atoms with Crippen LogP contribution in [0, 0.1) is 25.2 Å². The van der Waals surface area contributed by atoms with Crippen LogP contribution in [0.2, 0.25) is 0 Å². The fraction of sp³-hybridized carbons (Fsp3) is 0.500. The summed E-state index contributed by atoms with van der Waals surface area (Å²) in [5, 5.41) is 18.6. The van der Waals surface area contributed by atoms with Gasteiger partial charge in [0.05, 0.1) is 5.69 Å². The van der Waals surface area contributed by atoms with Gasteiger partial charge in [0.25, 0.3) is 0 Å². The standard InChI is InChI=1S/C18H23N5/c1-4-15-7-5-6-10-22(15)18-16(12-19)20-23(21-18)17-11-13(2)8-9-14(17)3/h8-9,11,15H,4-7,10H2,1-3H3. The summed E-state index contributed by atoms with van der Waals surface area (Å²) >= 11 is 0. The summed E-state index contributed by atoms with van der Waals surface area (Å²) in [6.45, 7) is 7.25. The van der Waals surface area contributed by atoms with Crippen LogP contribution >= 0.6 is 0 Å². The van der Waals surface area contributed by atoms with E-state index in [9.17, 15) is 5.26 Å². The highest BCUT2D eigenvalue weighted by atomic mass is 15.5. The van der Waals surface area contributed by atoms with Crippen LogP contribution < -0.4 is 4.90 Å². The predicted molar refractivity (Wildman–Crippen MR) is 90.8 cm³/mol. The summed E-state index contributed by atoms with van der Waals surface area (Å²) in [6.07, 6.45) is 4.64. The van der Waals surface area contributed by atoms with E-state index in [2.05, 4.69) is 53.2 Å². The second kappa shape index (κ2) is 6.41. The lowest BCUT2D eigenvalue weighted by atomic mass is 10.00. The van der Waals surface area contributed by atoms with Crippen LogP contribution in [0.5, 0.6) is 0 Å². The summed E-state index contributed by atoms with van der Waals surface area (Å²) < 4.78 is 0. The Morgan fingerprint density at radius 2 is 2.09 bits per heavy atom.